The molecule has 0 unspecified atom stereocenters. The SMILES string of the molecule is CCOP(=O)(OCC)[C@](O)(CC)c1ccc(Cl)cc1. The van der Waals surface area contributed by atoms with Crippen LogP contribution in [-0.2, 0) is 19.0 Å². The molecule has 6 heteroatoms. The average Bonchev–Trinajstić information content (AvgIpc) is 2.39. The zero-order chi connectivity index (χ0) is 14.5. The molecule has 0 aliphatic heterocycles. The van der Waals surface area contributed by atoms with E-state index in [2.05, 4.69) is 0 Å². The highest BCUT2D eigenvalue weighted by Crippen LogP contribution is 2.64. The van der Waals surface area contributed by atoms with Crippen molar-refractivity contribution < 1.29 is 18.7 Å². The van der Waals surface area contributed by atoms with E-state index in [1.54, 1.807) is 45.0 Å². The zero-order valence-corrected chi connectivity index (χ0v) is 13.1. The lowest BCUT2D eigenvalue weighted by atomic mass is 10.1. The van der Waals surface area contributed by atoms with Crippen molar-refractivity contribution in [1.29, 1.82) is 0 Å². The van der Waals surface area contributed by atoms with Crippen LogP contribution in [-0.4, -0.2) is 18.3 Å². The summed E-state index contributed by atoms with van der Waals surface area (Å²) in [6, 6.07) is 6.55. The van der Waals surface area contributed by atoms with Crippen LogP contribution in [0.4, 0.5) is 0 Å². The van der Waals surface area contributed by atoms with Gasteiger partial charge in [0.05, 0.1) is 13.2 Å². The highest BCUT2D eigenvalue weighted by molar-refractivity contribution is 7.54. The lowest BCUT2D eigenvalue weighted by Gasteiger charge is -2.34. The van der Waals surface area contributed by atoms with Crippen LogP contribution < -0.4 is 0 Å². The van der Waals surface area contributed by atoms with E-state index in [0.29, 0.717) is 10.6 Å². The molecule has 1 rings (SSSR count). The minimum Gasteiger partial charge on any atom is -0.373 e. The first-order chi connectivity index (χ1) is 8.93. The van der Waals surface area contributed by atoms with Gasteiger partial charge in [0.2, 0.25) is 0 Å². The minimum absolute atomic E-state index is 0.202. The largest absolute Gasteiger partial charge is 0.373 e. The molecule has 0 saturated heterocycles. The van der Waals surface area contributed by atoms with E-state index in [4.69, 9.17) is 20.6 Å². The zero-order valence-electron chi connectivity index (χ0n) is 11.4. The summed E-state index contributed by atoms with van der Waals surface area (Å²) in [5.41, 5.74) is 0.477. The fourth-order valence-corrected chi connectivity index (χ4v) is 4.02. The van der Waals surface area contributed by atoms with Crippen molar-refractivity contribution >= 4 is 19.2 Å². The van der Waals surface area contributed by atoms with Crippen molar-refractivity contribution in [2.24, 2.45) is 0 Å². The van der Waals surface area contributed by atoms with Gasteiger partial charge in [-0.3, -0.25) is 4.57 Å². The molecule has 108 valence electrons. The van der Waals surface area contributed by atoms with Crippen LogP contribution in [0.3, 0.4) is 0 Å². The predicted octanol–water partition coefficient (Wildman–Crippen LogP) is 4.16. The standard InChI is InChI=1S/C13H20ClO4P/c1-4-13(15,11-7-9-12(14)10-8-11)19(16,17-5-2)18-6-3/h7-10,15H,4-6H2,1-3H3/t13-/m1/s1. The third-order valence-corrected chi connectivity index (χ3v) is 5.78. The Morgan fingerprint density at radius 3 is 2.00 bits per heavy atom. The Morgan fingerprint density at radius 1 is 1.16 bits per heavy atom. The van der Waals surface area contributed by atoms with Crippen molar-refractivity contribution in [1.82, 2.24) is 0 Å². The third kappa shape index (κ3) is 3.39. The molecule has 1 aromatic rings. The lowest BCUT2D eigenvalue weighted by molar-refractivity contribution is 0.0622. The second-order valence-corrected chi connectivity index (χ2v) is 6.70. The molecule has 4 nitrogen and oxygen atoms in total. The van der Waals surface area contributed by atoms with Gasteiger partial charge in [-0.25, -0.2) is 0 Å². The van der Waals surface area contributed by atoms with Crippen LogP contribution in [0.2, 0.25) is 5.02 Å². The summed E-state index contributed by atoms with van der Waals surface area (Å²) in [6.07, 6.45) is 0.214. The molecular formula is C13H20ClO4P. The first kappa shape index (κ1) is 16.7. The van der Waals surface area contributed by atoms with Crippen molar-refractivity contribution in [3.05, 3.63) is 34.9 Å². The Balaban J connectivity index is 3.26. The molecule has 0 aromatic heterocycles. The molecule has 0 fully saturated rings. The fraction of sp³-hybridized carbons (Fsp3) is 0.538. The Labute approximate surface area is 119 Å². The van der Waals surface area contributed by atoms with E-state index in [1.807, 2.05) is 0 Å². The van der Waals surface area contributed by atoms with Crippen molar-refractivity contribution in [3.8, 4) is 0 Å². The maximum Gasteiger partial charge on any atom is 0.366 e. The van der Waals surface area contributed by atoms with E-state index in [0.717, 1.165) is 0 Å². The topological polar surface area (TPSA) is 55.8 Å². The molecule has 1 atom stereocenters. The highest BCUT2D eigenvalue weighted by Gasteiger charge is 2.49. The summed E-state index contributed by atoms with van der Waals surface area (Å²) in [5, 5.41) is 9.69. The quantitative estimate of drug-likeness (QED) is 0.768. The van der Waals surface area contributed by atoms with Gasteiger partial charge in [-0.1, -0.05) is 30.7 Å². The van der Waals surface area contributed by atoms with Crippen LogP contribution >= 0.6 is 19.2 Å². The van der Waals surface area contributed by atoms with Gasteiger partial charge >= 0.3 is 7.60 Å². The molecule has 0 bridgehead atoms. The maximum absolute atomic E-state index is 12.8. The van der Waals surface area contributed by atoms with Gasteiger partial charge in [-0.2, -0.15) is 0 Å². The van der Waals surface area contributed by atoms with Gasteiger partial charge in [-0.05, 0) is 38.0 Å². The molecule has 0 saturated carbocycles. The summed E-state index contributed by atoms with van der Waals surface area (Å²) in [7, 11) is -3.67. The highest BCUT2D eigenvalue weighted by atomic mass is 35.5. The minimum atomic E-state index is -3.67. The molecule has 19 heavy (non-hydrogen) atoms. The molecule has 0 amide bonds. The van der Waals surface area contributed by atoms with Crippen LogP contribution in [0.15, 0.2) is 24.3 Å². The molecule has 0 spiro atoms. The summed E-state index contributed by atoms with van der Waals surface area (Å²) in [5.74, 6) is 0. The van der Waals surface area contributed by atoms with Crippen molar-refractivity contribution in [2.75, 3.05) is 13.2 Å². The molecule has 0 aliphatic carbocycles. The molecule has 0 heterocycles. The summed E-state index contributed by atoms with van der Waals surface area (Å²) < 4.78 is 23.3. The monoisotopic (exact) mass is 306 g/mol. The number of hydrogen-bond donors (Lipinski definition) is 1. The van der Waals surface area contributed by atoms with Crippen LogP contribution in [0, 0.1) is 0 Å². The van der Waals surface area contributed by atoms with Crippen LogP contribution in [0.5, 0.6) is 0 Å². The third-order valence-electron chi connectivity index (χ3n) is 2.85. The van der Waals surface area contributed by atoms with Gasteiger partial charge < -0.3 is 14.2 Å². The number of halogens is 1. The van der Waals surface area contributed by atoms with E-state index in [-0.39, 0.29) is 19.6 Å². The first-order valence-corrected chi connectivity index (χ1v) is 8.23. The number of hydrogen-bond acceptors (Lipinski definition) is 4. The van der Waals surface area contributed by atoms with E-state index >= 15 is 0 Å². The second-order valence-electron chi connectivity index (χ2n) is 4.01. The van der Waals surface area contributed by atoms with Crippen molar-refractivity contribution in [2.45, 2.75) is 32.5 Å². The van der Waals surface area contributed by atoms with Crippen LogP contribution in [0.25, 0.3) is 0 Å². The normalized spacial score (nSPS) is 15.2. The van der Waals surface area contributed by atoms with Gasteiger partial charge in [0, 0.05) is 5.02 Å². The molecule has 0 aliphatic rings. The maximum atomic E-state index is 12.8. The predicted molar refractivity (Wildman–Crippen MR) is 76.5 cm³/mol. The van der Waals surface area contributed by atoms with Gasteiger partial charge in [0.25, 0.3) is 0 Å². The Morgan fingerprint density at radius 2 is 1.63 bits per heavy atom. The molecule has 1 aromatic carbocycles. The van der Waals surface area contributed by atoms with E-state index < -0.39 is 12.9 Å². The van der Waals surface area contributed by atoms with E-state index in [9.17, 15) is 9.67 Å². The Bertz CT molecular complexity index is 438. The number of benzene rings is 1. The van der Waals surface area contributed by atoms with Gasteiger partial charge in [-0.15, -0.1) is 0 Å². The van der Waals surface area contributed by atoms with Crippen LogP contribution in [0.1, 0.15) is 32.8 Å². The van der Waals surface area contributed by atoms with Crippen molar-refractivity contribution in [3.63, 3.8) is 0 Å². The van der Waals surface area contributed by atoms with Gasteiger partial charge in [0.1, 0.15) is 0 Å². The molecule has 1 N–H and O–H groups in total. The smallest absolute Gasteiger partial charge is 0.366 e. The average molecular weight is 307 g/mol. The van der Waals surface area contributed by atoms with Gasteiger partial charge in [0.15, 0.2) is 5.34 Å². The second kappa shape index (κ2) is 6.87. The number of rotatable bonds is 7. The number of aliphatic hydroxyl groups is 1. The fourth-order valence-electron chi connectivity index (χ4n) is 1.86. The summed E-state index contributed by atoms with van der Waals surface area (Å²) >= 11 is 5.83. The molecule has 0 radical (unpaired) electrons. The lowest BCUT2D eigenvalue weighted by Crippen LogP contribution is -2.27. The Hall–Kier alpha value is -0.380. The first-order valence-electron chi connectivity index (χ1n) is 6.31. The summed E-state index contributed by atoms with van der Waals surface area (Å²) in [4.78, 5) is 0. The molecular weight excluding hydrogens is 287 g/mol. The Kier molecular flexibility index (Phi) is 6.03. The summed E-state index contributed by atoms with van der Waals surface area (Å²) in [6.45, 7) is 5.56. The van der Waals surface area contributed by atoms with E-state index in [1.165, 1.54) is 0 Å².